The van der Waals surface area contributed by atoms with Gasteiger partial charge in [0, 0.05) is 11.8 Å². The Morgan fingerprint density at radius 1 is 1.21 bits per heavy atom. The van der Waals surface area contributed by atoms with E-state index in [0.717, 1.165) is 9.65 Å². The molecule has 0 aliphatic carbocycles. The van der Waals surface area contributed by atoms with Gasteiger partial charge in [-0.1, -0.05) is 30.3 Å². The van der Waals surface area contributed by atoms with Crippen LogP contribution in [-0.2, 0) is 11.3 Å². The van der Waals surface area contributed by atoms with Gasteiger partial charge in [0.15, 0.2) is 0 Å². The predicted octanol–water partition coefficient (Wildman–Crippen LogP) is 1.53. The lowest BCUT2D eigenvalue weighted by Gasteiger charge is -1.94. The van der Waals surface area contributed by atoms with E-state index in [2.05, 4.69) is 5.10 Å². The molecule has 0 saturated carbocycles. The Hall–Kier alpha value is -1.46. The van der Waals surface area contributed by atoms with Crippen LogP contribution >= 0.6 is 0 Å². The highest BCUT2D eigenvalue weighted by molar-refractivity contribution is 7.77. The molecule has 2 rings (SSSR count). The molecule has 0 saturated heterocycles. The van der Waals surface area contributed by atoms with Crippen molar-refractivity contribution in [2.24, 2.45) is 0 Å². The third-order valence-corrected chi connectivity index (χ3v) is 2.32. The standard InChI is InChI=1S/C9H8N2O2S/c12-14(13)11-7-6-9(10-11)8-4-2-1-3-5-8/h1-7H,(H,12,13). The van der Waals surface area contributed by atoms with Crippen molar-refractivity contribution in [3.8, 4) is 11.3 Å². The summed E-state index contributed by atoms with van der Waals surface area (Å²) in [4.78, 5) is 0. The number of hydrogen-bond donors (Lipinski definition) is 1. The molecule has 2 aromatic rings. The zero-order chi connectivity index (χ0) is 9.97. The normalized spacial score (nSPS) is 12.6. The molecule has 1 aromatic carbocycles. The van der Waals surface area contributed by atoms with E-state index in [4.69, 9.17) is 4.55 Å². The molecule has 5 heteroatoms. The summed E-state index contributed by atoms with van der Waals surface area (Å²) in [6, 6.07) is 11.2. The lowest BCUT2D eigenvalue weighted by molar-refractivity contribution is 0.547. The fraction of sp³-hybridized carbons (Fsp3) is 0. The van der Waals surface area contributed by atoms with Gasteiger partial charge in [-0.05, 0) is 6.07 Å². The minimum atomic E-state index is -2.08. The van der Waals surface area contributed by atoms with Crippen LogP contribution in [-0.4, -0.2) is 17.9 Å². The van der Waals surface area contributed by atoms with E-state index in [9.17, 15) is 4.21 Å². The summed E-state index contributed by atoms with van der Waals surface area (Å²) in [6.45, 7) is 0. The number of benzene rings is 1. The largest absolute Gasteiger partial charge is 0.288 e. The van der Waals surface area contributed by atoms with E-state index in [0.29, 0.717) is 5.69 Å². The number of rotatable bonds is 2. The summed E-state index contributed by atoms with van der Waals surface area (Å²) >= 11 is -2.08. The van der Waals surface area contributed by atoms with Gasteiger partial charge in [0.25, 0.3) is 11.3 Å². The van der Waals surface area contributed by atoms with Crippen LogP contribution in [0, 0.1) is 0 Å². The zero-order valence-corrected chi connectivity index (χ0v) is 8.02. The Balaban J connectivity index is 2.39. The van der Waals surface area contributed by atoms with Gasteiger partial charge in [-0.2, -0.15) is 9.19 Å². The average molecular weight is 208 g/mol. The highest BCUT2D eigenvalue weighted by Crippen LogP contribution is 2.15. The molecule has 0 aliphatic heterocycles. The van der Waals surface area contributed by atoms with Crippen molar-refractivity contribution in [1.29, 1.82) is 0 Å². The summed E-state index contributed by atoms with van der Waals surface area (Å²) in [5, 5.41) is 3.95. The molecule has 0 spiro atoms. The van der Waals surface area contributed by atoms with E-state index in [1.165, 1.54) is 6.20 Å². The molecule has 0 fully saturated rings. The summed E-state index contributed by atoms with van der Waals surface area (Å²) in [5.74, 6) is 0. The Morgan fingerprint density at radius 2 is 1.93 bits per heavy atom. The maximum absolute atomic E-state index is 10.7. The quantitative estimate of drug-likeness (QED) is 0.761. The second kappa shape index (κ2) is 3.73. The SMILES string of the molecule is O=S(O)n1ccc(-c2ccccc2)n1. The van der Waals surface area contributed by atoms with Crippen LogP contribution in [0.15, 0.2) is 42.6 Å². The molecular formula is C9H8N2O2S. The first-order chi connectivity index (χ1) is 6.77. The van der Waals surface area contributed by atoms with Crippen molar-refractivity contribution in [3.05, 3.63) is 42.6 Å². The third-order valence-electron chi connectivity index (χ3n) is 1.80. The fourth-order valence-corrected chi connectivity index (χ4v) is 1.48. The minimum Gasteiger partial charge on any atom is -0.288 e. The van der Waals surface area contributed by atoms with Gasteiger partial charge in [-0.3, -0.25) is 4.55 Å². The van der Waals surface area contributed by atoms with E-state index >= 15 is 0 Å². The lowest BCUT2D eigenvalue weighted by atomic mass is 10.2. The van der Waals surface area contributed by atoms with Crippen molar-refractivity contribution in [2.45, 2.75) is 0 Å². The molecule has 72 valence electrons. The highest BCUT2D eigenvalue weighted by atomic mass is 32.2. The van der Waals surface area contributed by atoms with Crippen LogP contribution in [0.1, 0.15) is 0 Å². The molecule has 0 amide bonds. The van der Waals surface area contributed by atoms with Crippen LogP contribution in [0.4, 0.5) is 0 Å². The molecule has 4 nitrogen and oxygen atoms in total. The van der Waals surface area contributed by atoms with Gasteiger partial charge in [-0.15, -0.1) is 0 Å². The van der Waals surface area contributed by atoms with Crippen molar-refractivity contribution in [1.82, 2.24) is 9.19 Å². The molecule has 1 aromatic heterocycles. The molecule has 14 heavy (non-hydrogen) atoms. The highest BCUT2D eigenvalue weighted by Gasteiger charge is 2.03. The van der Waals surface area contributed by atoms with Gasteiger partial charge in [0.1, 0.15) is 0 Å². The first kappa shape index (κ1) is 9.11. The average Bonchev–Trinajstić information content (AvgIpc) is 2.68. The van der Waals surface area contributed by atoms with Crippen molar-refractivity contribution < 1.29 is 8.76 Å². The topological polar surface area (TPSA) is 55.1 Å². The first-order valence-electron chi connectivity index (χ1n) is 4.00. The second-order valence-corrected chi connectivity index (χ2v) is 3.54. The Bertz CT molecular complexity index is 453. The number of aromatic nitrogens is 2. The maximum Gasteiger partial charge on any atom is 0.282 e. The lowest BCUT2D eigenvalue weighted by Crippen LogP contribution is -2.02. The molecule has 0 bridgehead atoms. The van der Waals surface area contributed by atoms with Gasteiger partial charge < -0.3 is 0 Å². The van der Waals surface area contributed by atoms with E-state index in [1.807, 2.05) is 30.3 Å². The summed E-state index contributed by atoms with van der Waals surface area (Å²) in [7, 11) is 0. The molecule has 1 unspecified atom stereocenters. The molecule has 1 heterocycles. The molecular weight excluding hydrogens is 200 g/mol. The van der Waals surface area contributed by atoms with Gasteiger partial charge in [0.05, 0.1) is 5.69 Å². The molecule has 1 N–H and O–H groups in total. The Kier molecular flexibility index (Phi) is 2.43. The number of hydrogen-bond acceptors (Lipinski definition) is 2. The molecule has 0 radical (unpaired) electrons. The van der Waals surface area contributed by atoms with Gasteiger partial charge >= 0.3 is 0 Å². The zero-order valence-electron chi connectivity index (χ0n) is 7.20. The summed E-state index contributed by atoms with van der Waals surface area (Å²) < 4.78 is 20.4. The fourth-order valence-electron chi connectivity index (χ4n) is 1.16. The van der Waals surface area contributed by atoms with Crippen LogP contribution in [0.5, 0.6) is 0 Å². The maximum atomic E-state index is 10.7. The Labute approximate surface area is 83.6 Å². The summed E-state index contributed by atoms with van der Waals surface area (Å²) in [6.07, 6.45) is 1.47. The van der Waals surface area contributed by atoms with Gasteiger partial charge in [-0.25, -0.2) is 4.21 Å². The third kappa shape index (κ3) is 1.73. The van der Waals surface area contributed by atoms with E-state index in [-0.39, 0.29) is 0 Å². The van der Waals surface area contributed by atoms with E-state index in [1.54, 1.807) is 6.07 Å². The second-order valence-electron chi connectivity index (χ2n) is 2.70. The smallest absolute Gasteiger partial charge is 0.282 e. The van der Waals surface area contributed by atoms with Crippen LogP contribution in [0.25, 0.3) is 11.3 Å². The Morgan fingerprint density at radius 3 is 2.50 bits per heavy atom. The monoisotopic (exact) mass is 208 g/mol. The predicted molar refractivity (Wildman–Crippen MR) is 53.8 cm³/mol. The summed E-state index contributed by atoms with van der Waals surface area (Å²) in [5.41, 5.74) is 1.62. The molecule has 0 aliphatic rings. The van der Waals surface area contributed by atoms with Crippen LogP contribution in [0.3, 0.4) is 0 Å². The van der Waals surface area contributed by atoms with Crippen LogP contribution < -0.4 is 0 Å². The van der Waals surface area contributed by atoms with E-state index < -0.39 is 11.3 Å². The van der Waals surface area contributed by atoms with Crippen molar-refractivity contribution in [2.75, 3.05) is 0 Å². The van der Waals surface area contributed by atoms with Crippen LogP contribution in [0.2, 0.25) is 0 Å². The molecule has 1 atom stereocenters. The van der Waals surface area contributed by atoms with Crippen molar-refractivity contribution in [3.63, 3.8) is 0 Å². The number of nitrogens with zero attached hydrogens (tertiary/aromatic N) is 2. The van der Waals surface area contributed by atoms with Gasteiger partial charge in [0.2, 0.25) is 0 Å². The van der Waals surface area contributed by atoms with Crippen molar-refractivity contribution >= 4 is 11.3 Å². The first-order valence-corrected chi connectivity index (χ1v) is 5.06. The minimum absolute atomic E-state index is 0.688.